The van der Waals surface area contributed by atoms with Crippen LogP contribution in [0.25, 0.3) is 0 Å². The highest BCUT2D eigenvalue weighted by Crippen LogP contribution is 2.41. The number of hydrogen-bond acceptors (Lipinski definition) is 12. The molecule has 0 saturated carbocycles. The van der Waals surface area contributed by atoms with Crippen LogP contribution in [0.5, 0.6) is 0 Å². The van der Waals surface area contributed by atoms with Gasteiger partial charge in [0.15, 0.2) is 15.6 Å². The number of carbonyl (C=O) groups excluding carboxylic acids is 2. The first-order valence-corrected chi connectivity index (χ1v) is 14.8. The van der Waals surface area contributed by atoms with Gasteiger partial charge in [-0.05, 0) is 5.57 Å². The highest BCUT2D eigenvalue weighted by Gasteiger charge is 2.54. The quantitative estimate of drug-likeness (QED) is 0.172. The fraction of sp³-hybridized carbons (Fsp3) is 0.533. The minimum Gasteiger partial charge on any atom is -0.477 e. The second-order valence-corrected chi connectivity index (χ2v) is 12.9. The molecule has 1 unspecified atom stereocenters. The Bertz CT molecular complexity index is 1320. The molecule has 14 nitrogen and oxygen atoms in total. The van der Waals surface area contributed by atoms with Crippen molar-refractivity contribution in [3.05, 3.63) is 17.2 Å². The number of carbonyl (C=O) groups is 3. The standard InChI is InChI=1S/C15H15F3N4O10S4/c16-15(17,18)5-35(27,28)3-7(23)19-9-11(24)22-10(13(25)26)6(1-33-12(9)22)2-34-14-21-20-8(32-14)4-36(29,30)31/h9,12H,1-5H2,(H,19,23)(H,25,26)(H,29,30,31)/t9?,12-/m1/s1. The second kappa shape index (κ2) is 10.2. The maximum atomic E-state index is 12.5. The van der Waals surface area contributed by atoms with Crippen LogP contribution in [0.1, 0.15) is 5.89 Å². The van der Waals surface area contributed by atoms with Gasteiger partial charge in [-0.2, -0.15) is 21.6 Å². The van der Waals surface area contributed by atoms with Gasteiger partial charge >= 0.3 is 12.1 Å². The first-order chi connectivity index (χ1) is 16.5. The first kappa shape index (κ1) is 28.2. The SMILES string of the molecule is O=C(CS(=O)(=O)CC(F)(F)F)NC1C(=O)N2C(C(=O)O)=C(CSc3nnc(CS(=O)(=O)O)o3)CS[C@H]12. The molecule has 2 aliphatic heterocycles. The fourth-order valence-corrected chi connectivity index (χ4v) is 6.95. The lowest BCUT2D eigenvalue weighted by molar-refractivity contribution is -0.150. The number of aromatic nitrogens is 2. The number of rotatable bonds is 10. The van der Waals surface area contributed by atoms with Crippen molar-refractivity contribution in [1.82, 2.24) is 20.4 Å². The Morgan fingerprint density at radius 3 is 2.50 bits per heavy atom. The van der Waals surface area contributed by atoms with Crippen LogP contribution in [0, 0.1) is 0 Å². The summed E-state index contributed by atoms with van der Waals surface area (Å²) >= 11 is 1.85. The summed E-state index contributed by atoms with van der Waals surface area (Å²) in [4.78, 5) is 37.2. The molecule has 2 aliphatic rings. The predicted octanol–water partition coefficient (Wildman–Crippen LogP) is -0.735. The highest BCUT2D eigenvalue weighted by atomic mass is 32.2. The molecule has 3 rings (SSSR count). The molecule has 2 atom stereocenters. The van der Waals surface area contributed by atoms with E-state index in [9.17, 15) is 49.5 Å². The van der Waals surface area contributed by atoms with Gasteiger partial charge in [0, 0.05) is 11.5 Å². The third-order valence-corrected chi connectivity index (χ3v) is 8.75. The molecule has 0 spiro atoms. The zero-order valence-electron chi connectivity index (χ0n) is 17.5. The number of carboxylic acids is 1. The molecule has 21 heteroatoms. The van der Waals surface area contributed by atoms with Gasteiger partial charge in [0.1, 0.15) is 28.6 Å². The number of hydrogen-bond donors (Lipinski definition) is 3. The normalized spacial score (nSPS) is 20.7. The summed E-state index contributed by atoms with van der Waals surface area (Å²) in [5.74, 6) is -8.80. The van der Waals surface area contributed by atoms with E-state index in [4.69, 9.17) is 8.97 Å². The molecule has 0 radical (unpaired) electrons. The molecule has 0 aromatic carbocycles. The van der Waals surface area contributed by atoms with E-state index in [1.54, 1.807) is 0 Å². The van der Waals surface area contributed by atoms with Crippen molar-refractivity contribution >= 4 is 61.3 Å². The van der Waals surface area contributed by atoms with Gasteiger partial charge in [-0.1, -0.05) is 11.8 Å². The molecular formula is C15H15F3N4O10S4. The summed E-state index contributed by atoms with van der Waals surface area (Å²) in [6.45, 7) is 0. The summed E-state index contributed by atoms with van der Waals surface area (Å²) < 4.78 is 95.6. The van der Waals surface area contributed by atoms with Crippen molar-refractivity contribution in [2.75, 3.05) is 23.0 Å². The predicted molar refractivity (Wildman–Crippen MR) is 115 cm³/mol. The molecule has 0 bridgehead atoms. The number of fused-ring (bicyclic) bond motifs is 1. The van der Waals surface area contributed by atoms with Crippen LogP contribution in [-0.2, 0) is 40.1 Å². The van der Waals surface area contributed by atoms with Gasteiger partial charge in [0.25, 0.3) is 21.2 Å². The minimum absolute atomic E-state index is 0.0356. The first-order valence-electron chi connectivity index (χ1n) is 9.32. The number of alkyl halides is 3. The van der Waals surface area contributed by atoms with Gasteiger partial charge in [-0.15, -0.1) is 22.0 Å². The minimum atomic E-state index is -5.05. The van der Waals surface area contributed by atoms with Crippen LogP contribution in [0.2, 0.25) is 0 Å². The van der Waals surface area contributed by atoms with E-state index in [1.807, 2.05) is 5.32 Å². The molecule has 1 aromatic heterocycles. The summed E-state index contributed by atoms with van der Waals surface area (Å²) in [5.41, 5.74) is -0.182. The number of nitrogens with one attached hydrogen (secondary N) is 1. The van der Waals surface area contributed by atoms with E-state index in [-0.39, 0.29) is 22.3 Å². The van der Waals surface area contributed by atoms with Crippen LogP contribution >= 0.6 is 23.5 Å². The Kier molecular flexibility index (Phi) is 7.98. The van der Waals surface area contributed by atoms with Crippen molar-refractivity contribution in [2.24, 2.45) is 0 Å². The van der Waals surface area contributed by atoms with Crippen molar-refractivity contribution in [3.63, 3.8) is 0 Å². The summed E-state index contributed by atoms with van der Waals surface area (Å²) in [6, 6.07) is -1.34. The van der Waals surface area contributed by atoms with E-state index in [0.29, 0.717) is 0 Å². The monoisotopic (exact) mass is 596 g/mol. The average Bonchev–Trinajstić information content (AvgIpc) is 3.12. The number of β-lactam (4-membered cyclic amide) rings is 1. The highest BCUT2D eigenvalue weighted by molar-refractivity contribution is 8.01. The van der Waals surface area contributed by atoms with Crippen LogP contribution < -0.4 is 5.32 Å². The maximum absolute atomic E-state index is 12.5. The third kappa shape index (κ3) is 7.11. The van der Waals surface area contributed by atoms with Crippen LogP contribution in [-0.4, -0.2) is 100.0 Å². The van der Waals surface area contributed by atoms with Gasteiger partial charge in [-0.25, -0.2) is 13.2 Å². The van der Waals surface area contributed by atoms with Crippen LogP contribution in [0.4, 0.5) is 13.2 Å². The van der Waals surface area contributed by atoms with Crippen molar-refractivity contribution in [2.45, 2.75) is 28.6 Å². The Labute approximate surface area is 208 Å². The maximum Gasteiger partial charge on any atom is 0.402 e. The number of carboxylic acid groups (broad SMARTS) is 1. The number of nitrogens with zero attached hydrogens (tertiary/aromatic N) is 3. The van der Waals surface area contributed by atoms with Gasteiger partial charge in [-0.3, -0.25) is 19.0 Å². The number of sulfone groups is 1. The molecule has 0 aliphatic carbocycles. The van der Waals surface area contributed by atoms with Crippen molar-refractivity contribution < 1.29 is 58.5 Å². The van der Waals surface area contributed by atoms with Gasteiger partial charge < -0.3 is 14.8 Å². The summed E-state index contributed by atoms with van der Waals surface area (Å²) in [5, 5.41) is 17.6. The molecule has 1 aromatic rings. The molecule has 3 heterocycles. The van der Waals surface area contributed by atoms with Crippen LogP contribution in [0.15, 0.2) is 20.9 Å². The van der Waals surface area contributed by atoms with Crippen LogP contribution in [0.3, 0.4) is 0 Å². The van der Waals surface area contributed by atoms with E-state index in [2.05, 4.69) is 10.2 Å². The topological polar surface area (TPSA) is 214 Å². The Balaban J connectivity index is 1.66. The smallest absolute Gasteiger partial charge is 0.402 e. The molecule has 3 N–H and O–H groups in total. The molecule has 1 fully saturated rings. The average molecular weight is 597 g/mol. The number of thioether (sulfide) groups is 2. The van der Waals surface area contributed by atoms with E-state index in [1.165, 1.54) is 0 Å². The largest absolute Gasteiger partial charge is 0.477 e. The molecule has 2 amide bonds. The lowest BCUT2D eigenvalue weighted by Gasteiger charge is -2.49. The lowest BCUT2D eigenvalue weighted by atomic mass is 10.0. The lowest BCUT2D eigenvalue weighted by Crippen LogP contribution is -2.71. The van der Waals surface area contributed by atoms with E-state index < -0.39 is 84.2 Å². The summed E-state index contributed by atoms with van der Waals surface area (Å²) in [6.07, 6.45) is -5.05. The molecule has 1 saturated heterocycles. The van der Waals surface area contributed by atoms with Gasteiger partial charge in [0.05, 0.1) is 0 Å². The fourth-order valence-electron chi connectivity index (χ4n) is 3.17. The number of amides is 2. The zero-order chi connectivity index (χ0) is 27.1. The molecule has 200 valence electrons. The van der Waals surface area contributed by atoms with Crippen molar-refractivity contribution in [1.29, 1.82) is 0 Å². The zero-order valence-corrected chi connectivity index (χ0v) is 20.7. The summed E-state index contributed by atoms with van der Waals surface area (Å²) in [7, 11) is -9.25. The Hall–Kier alpha value is -2.36. The Morgan fingerprint density at radius 1 is 1.25 bits per heavy atom. The Morgan fingerprint density at radius 2 is 1.92 bits per heavy atom. The van der Waals surface area contributed by atoms with E-state index >= 15 is 0 Å². The second-order valence-electron chi connectivity index (χ2n) is 7.34. The van der Waals surface area contributed by atoms with Gasteiger partial charge in [0.2, 0.25) is 11.8 Å². The molecular weight excluding hydrogens is 581 g/mol. The number of halogens is 3. The molecule has 36 heavy (non-hydrogen) atoms. The van der Waals surface area contributed by atoms with Crippen molar-refractivity contribution in [3.8, 4) is 0 Å². The van der Waals surface area contributed by atoms with E-state index in [0.717, 1.165) is 28.4 Å². The third-order valence-electron chi connectivity index (χ3n) is 4.42. The number of aliphatic carboxylic acids is 1.